The van der Waals surface area contributed by atoms with Crippen LogP contribution < -0.4 is 15.2 Å². The summed E-state index contributed by atoms with van der Waals surface area (Å²) in [4.78, 5) is 23.4. The van der Waals surface area contributed by atoms with E-state index in [0.29, 0.717) is 24.8 Å². The Hall–Kier alpha value is -3.26. The van der Waals surface area contributed by atoms with E-state index in [9.17, 15) is 9.18 Å². The molecule has 0 amide bonds. The van der Waals surface area contributed by atoms with Crippen molar-refractivity contribution in [1.82, 2.24) is 14.5 Å². The molecule has 2 aromatic heterocycles. The number of anilines is 1. The molecule has 0 bridgehead atoms. The largest absolute Gasteiger partial charge is 0.496 e. The number of hydrogen-bond donors (Lipinski definition) is 0. The Kier molecular flexibility index (Phi) is 6.74. The van der Waals surface area contributed by atoms with Crippen LogP contribution in [0.2, 0.25) is 0 Å². The molecule has 7 nitrogen and oxygen atoms in total. The number of pyridine rings is 1. The lowest BCUT2D eigenvalue weighted by Crippen LogP contribution is -2.51. The molecule has 1 aromatic carbocycles. The van der Waals surface area contributed by atoms with Crippen LogP contribution >= 0.6 is 0 Å². The maximum Gasteiger partial charge on any atom is 0.255 e. The second-order valence-electron chi connectivity index (χ2n) is 7.81. The molecule has 33 heavy (non-hydrogen) atoms. The predicted molar refractivity (Wildman–Crippen MR) is 125 cm³/mol. The number of methoxy groups -OCH3 is 1. The van der Waals surface area contributed by atoms with Crippen molar-refractivity contribution in [1.29, 1.82) is 0 Å². The molecule has 2 aliphatic rings. The van der Waals surface area contributed by atoms with Crippen molar-refractivity contribution in [2.75, 3.05) is 25.2 Å². The summed E-state index contributed by atoms with van der Waals surface area (Å²) in [7, 11) is 3.38. The third-order valence-corrected chi connectivity index (χ3v) is 6.18. The molecule has 1 aliphatic carbocycles. The van der Waals surface area contributed by atoms with Crippen molar-refractivity contribution < 1.29 is 13.9 Å². The van der Waals surface area contributed by atoms with Gasteiger partial charge in [-0.25, -0.2) is 9.37 Å². The summed E-state index contributed by atoms with van der Waals surface area (Å²) >= 11 is 0. The van der Waals surface area contributed by atoms with E-state index in [-0.39, 0.29) is 23.3 Å². The average molecular weight is 453 g/mol. The van der Waals surface area contributed by atoms with Crippen LogP contribution in [0.1, 0.15) is 37.5 Å². The first kappa shape index (κ1) is 22.9. The Bertz CT molecular complexity index is 1200. The van der Waals surface area contributed by atoms with Gasteiger partial charge < -0.3 is 14.4 Å². The Balaban J connectivity index is 0.00000126. The number of aromatic nitrogens is 3. The monoisotopic (exact) mass is 452 g/mol. The molecule has 0 radical (unpaired) electrons. The highest BCUT2D eigenvalue weighted by Gasteiger charge is 2.39. The zero-order chi connectivity index (χ0) is 23.5. The molecule has 1 aliphatic heterocycles. The summed E-state index contributed by atoms with van der Waals surface area (Å²) in [6.07, 6.45) is 4.15. The van der Waals surface area contributed by atoms with Crippen LogP contribution in [0.3, 0.4) is 0 Å². The van der Waals surface area contributed by atoms with Gasteiger partial charge in [0.2, 0.25) is 5.95 Å². The number of benzene rings is 1. The van der Waals surface area contributed by atoms with Crippen LogP contribution in [0.4, 0.5) is 10.3 Å². The van der Waals surface area contributed by atoms with Crippen molar-refractivity contribution in [3.8, 4) is 17.0 Å². The summed E-state index contributed by atoms with van der Waals surface area (Å²) in [5.74, 6) is 0.883. The smallest absolute Gasteiger partial charge is 0.255 e. The Morgan fingerprint density at radius 3 is 2.82 bits per heavy atom. The first-order valence-corrected chi connectivity index (χ1v) is 11.3. The molecule has 0 spiro atoms. The molecule has 8 heteroatoms. The maximum atomic E-state index is 14.3. The van der Waals surface area contributed by atoms with E-state index < -0.39 is 5.82 Å². The predicted octanol–water partition coefficient (Wildman–Crippen LogP) is 3.91. The van der Waals surface area contributed by atoms with E-state index >= 15 is 0 Å². The van der Waals surface area contributed by atoms with Crippen LogP contribution in [0, 0.1) is 5.82 Å². The van der Waals surface area contributed by atoms with Crippen molar-refractivity contribution in [3.05, 3.63) is 70.0 Å². The van der Waals surface area contributed by atoms with E-state index in [0.717, 1.165) is 30.4 Å². The second-order valence-corrected chi connectivity index (χ2v) is 7.81. The number of morpholine rings is 1. The fourth-order valence-electron chi connectivity index (χ4n) is 4.68. The Labute approximate surface area is 192 Å². The van der Waals surface area contributed by atoms with Gasteiger partial charge in [-0.1, -0.05) is 26.0 Å². The van der Waals surface area contributed by atoms with Gasteiger partial charge in [-0.15, -0.1) is 0 Å². The van der Waals surface area contributed by atoms with Gasteiger partial charge in [0.1, 0.15) is 11.9 Å². The van der Waals surface area contributed by atoms with Gasteiger partial charge in [-0.3, -0.25) is 14.3 Å². The highest BCUT2D eigenvalue weighted by Crippen LogP contribution is 2.42. The standard InChI is InChI=1S/C23H23FN4O3.C2H6/c1-27-21(29)12-18(16-8-9-25-13-17(16)24)26-23(27)28-10-11-31-22-15-4-3-5-20(30-2)14(15)6-7-19(22)28;1-2/h3-5,8-9,12-13,19,22H,6-7,10-11H2,1-2H3;1-2H3. The summed E-state index contributed by atoms with van der Waals surface area (Å²) in [6.45, 7) is 5.10. The van der Waals surface area contributed by atoms with E-state index in [2.05, 4.69) is 16.0 Å². The van der Waals surface area contributed by atoms with Gasteiger partial charge in [0, 0.05) is 37.0 Å². The zero-order valence-corrected chi connectivity index (χ0v) is 19.4. The molecule has 5 rings (SSSR count). The molecule has 174 valence electrons. The van der Waals surface area contributed by atoms with Gasteiger partial charge in [0.25, 0.3) is 5.56 Å². The highest BCUT2D eigenvalue weighted by atomic mass is 19.1. The number of fused-ring (bicyclic) bond motifs is 3. The van der Waals surface area contributed by atoms with Gasteiger partial charge in [0.05, 0.1) is 31.6 Å². The second kappa shape index (κ2) is 9.70. The minimum absolute atomic E-state index is 0.0176. The van der Waals surface area contributed by atoms with Crippen LogP contribution in [0.5, 0.6) is 5.75 Å². The lowest BCUT2D eigenvalue weighted by molar-refractivity contribution is 0.00148. The highest BCUT2D eigenvalue weighted by molar-refractivity contribution is 5.60. The molecular formula is C25H29FN4O3. The minimum atomic E-state index is -0.507. The van der Waals surface area contributed by atoms with Crippen molar-refractivity contribution in [2.24, 2.45) is 7.05 Å². The first-order chi connectivity index (χ1) is 16.1. The normalized spacial score (nSPS) is 19.1. The quantitative estimate of drug-likeness (QED) is 0.600. The molecular weight excluding hydrogens is 423 g/mol. The summed E-state index contributed by atoms with van der Waals surface area (Å²) in [5.41, 5.74) is 2.61. The Morgan fingerprint density at radius 2 is 2.06 bits per heavy atom. The van der Waals surface area contributed by atoms with E-state index in [1.165, 1.54) is 28.5 Å². The molecule has 2 unspecified atom stereocenters. The molecule has 0 N–H and O–H groups in total. The lowest BCUT2D eigenvalue weighted by atomic mass is 9.83. The van der Waals surface area contributed by atoms with Gasteiger partial charge in [0.15, 0.2) is 5.82 Å². The summed E-state index contributed by atoms with van der Waals surface area (Å²) in [6, 6.07) is 8.94. The number of rotatable bonds is 3. The van der Waals surface area contributed by atoms with Crippen molar-refractivity contribution in [2.45, 2.75) is 38.8 Å². The van der Waals surface area contributed by atoms with E-state index in [1.807, 2.05) is 26.0 Å². The molecule has 2 atom stereocenters. The molecule has 0 saturated carbocycles. The maximum absolute atomic E-state index is 14.3. The molecule has 3 aromatic rings. The Morgan fingerprint density at radius 1 is 1.24 bits per heavy atom. The molecule has 1 fully saturated rings. The van der Waals surface area contributed by atoms with E-state index in [1.54, 1.807) is 14.2 Å². The number of ether oxygens (including phenoxy) is 2. The fourth-order valence-corrected chi connectivity index (χ4v) is 4.68. The number of halogens is 1. The third-order valence-electron chi connectivity index (χ3n) is 6.18. The number of nitrogens with zero attached hydrogens (tertiary/aromatic N) is 4. The van der Waals surface area contributed by atoms with Crippen LogP contribution in [-0.4, -0.2) is 40.8 Å². The topological polar surface area (TPSA) is 69.5 Å². The lowest BCUT2D eigenvalue weighted by Gasteiger charge is -2.45. The van der Waals surface area contributed by atoms with Crippen LogP contribution in [-0.2, 0) is 18.2 Å². The van der Waals surface area contributed by atoms with Crippen molar-refractivity contribution >= 4 is 5.95 Å². The van der Waals surface area contributed by atoms with Crippen LogP contribution in [0.15, 0.2) is 47.5 Å². The summed E-state index contributed by atoms with van der Waals surface area (Å²) < 4.78 is 27.6. The minimum Gasteiger partial charge on any atom is -0.496 e. The average Bonchev–Trinajstić information content (AvgIpc) is 2.86. The summed E-state index contributed by atoms with van der Waals surface area (Å²) in [5, 5.41) is 0. The van der Waals surface area contributed by atoms with Gasteiger partial charge >= 0.3 is 0 Å². The van der Waals surface area contributed by atoms with E-state index in [4.69, 9.17) is 14.5 Å². The van der Waals surface area contributed by atoms with Gasteiger partial charge in [-0.2, -0.15) is 0 Å². The first-order valence-electron chi connectivity index (χ1n) is 11.3. The van der Waals surface area contributed by atoms with Gasteiger partial charge in [-0.05, 0) is 30.5 Å². The number of hydrogen-bond acceptors (Lipinski definition) is 6. The SMILES string of the molecule is CC.COc1cccc2c1CCC1C2OCCN1c1nc(-c2ccncc2F)cc(=O)n1C. The third kappa shape index (κ3) is 4.11. The fraction of sp³-hybridized carbons (Fsp3) is 0.400. The molecule has 1 saturated heterocycles. The molecule has 3 heterocycles. The zero-order valence-electron chi connectivity index (χ0n) is 19.4. The van der Waals surface area contributed by atoms with Crippen LogP contribution in [0.25, 0.3) is 11.3 Å². The van der Waals surface area contributed by atoms with Crippen molar-refractivity contribution in [3.63, 3.8) is 0 Å².